The lowest BCUT2D eigenvalue weighted by atomic mass is 10.2. The molecule has 0 aliphatic rings. The van der Waals surface area contributed by atoms with Gasteiger partial charge in [-0.1, -0.05) is 0 Å². The van der Waals surface area contributed by atoms with Gasteiger partial charge in [0.15, 0.2) is 11.9 Å². The molecule has 0 radical (unpaired) electrons. The molecule has 0 saturated heterocycles. The molecule has 0 aliphatic heterocycles. The number of likely N-dealkylation sites (N-methyl/N-ethyl adjacent to an activating group) is 1. The SMILES string of the molecule is CC(=O)C(C[N+](C)(C)C)OS. The lowest BCUT2D eigenvalue weighted by Crippen LogP contribution is -2.44. The standard InChI is InChI=1S/C7H15NO2S/c1-6(9)7(10-11)5-8(2,3)4/h7H,5H2,1-4H3/p+1. The zero-order valence-corrected chi connectivity index (χ0v) is 8.39. The minimum Gasteiger partial charge on any atom is -0.328 e. The average Bonchev–Trinajstić information content (AvgIpc) is 1.80. The second-order valence-corrected chi connectivity index (χ2v) is 3.89. The van der Waals surface area contributed by atoms with Crippen molar-refractivity contribution in [3.8, 4) is 0 Å². The third-order valence-corrected chi connectivity index (χ3v) is 1.55. The fraction of sp³-hybridized carbons (Fsp3) is 0.857. The van der Waals surface area contributed by atoms with Crippen LogP contribution in [0, 0.1) is 0 Å². The minimum atomic E-state index is -0.390. The van der Waals surface area contributed by atoms with E-state index in [1.165, 1.54) is 6.92 Å². The summed E-state index contributed by atoms with van der Waals surface area (Å²) in [5, 5.41) is 0. The third kappa shape index (κ3) is 5.24. The first-order valence-electron chi connectivity index (χ1n) is 3.48. The summed E-state index contributed by atoms with van der Waals surface area (Å²) in [4.78, 5) is 10.9. The van der Waals surface area contributed by atoms with Gasteiger partial charge in [0.05, 0.1) is 21.1 Å². The molecule has 66 valence electrons. The van der Waals surface area contributed by atoms with Gasteiger partial charge in [0.25, 0.3) is 0 Å². The van der Waals surface area contributed by atoms with E-state index in [0.29, 0.717) is 11.0 Å². The zero-order valence-electron chi connectivity index (χ0n) is 7.50. The summed E-state index contributed by atoms with van der Waals surface area (Å²) in [5.74, 6) is 0.0213. The van der Waals surface area contributed by atoms with Crippen LogP contribution in [0.1, 0.15) is 6.92 Å². The van der Waals surface area contributed by atoms with Crippen LogP contribution in [0.2, 0.25) is 0 Å². The van der Waals surface area contributed by atoms with Gasteiger partial charge >= 0.3 is 0 Å². The molecular formula is C7H16NO2S+. The highest BCUT2D eigenvalue weighted by molar-refractivity contribution is 7.75. The highest BCUT2D eigenvalue weighted by Gasteiger charge is 2.21. The predicted octanol–water partition coefficient (Wildman–Crippen LogP) is 0.512. The van der Waals surface area contributed by atoms with Gasteiger partial charge in [-0.2, -0.15) is 0 Å². The van der Waals surface area contributed by atoms with Gasteiger partial charge in [-0.05, 0) is 19.8 Å². The van der Waals surface area contributed by atoms with Crippen molar-refractivity contribution in [2.24, 2.45) is 0 Å². The molecule has 0 N–H and O–H groups in total. The highest BCUT2D eigenvalue weighted by Crippen LogP contribution is 2.02. The van der Waals surface area contributed by atoms with Gasteiger partial charge in [0.1, 0.15) is 6.54 Å². The predicted molar refractivity (Wildman–Crippen MR) is 47.4 cm³/mol. The molecule has 0 fully saturated rings. The Kier molecular flexibility index (Phi) is 4.07. The Morgan fingerprint density at radius 1 is 1.55 bits per heavy atom. The third-order valence-electron chi connectivity index (χ3n) is 1.29. The van der Waals surface area contributed by atoms with E-state index in [-0.39, 0.29) is 5.78 Å². The number of carbonyl (C=O) groups is 1. The Morgan fingerprint density at radius 2 is 2.00 bits per heavy atom. The first kappa shape index (κ1) is 10.9. The lowest BCUT2D eigenvalue weighted by Gasteiger charge is -2.26. The summed E-state index contributed by atoms with van der Waals surface area (Å²) in [7, 11) is 6.01. The number of Topliss-reactive ketones (excluding diaryl/α,β-unsaturated/α-hetero) is 1. The van der Waals surface area contributed by atoms with Gasteiger partial charge in [-0.15, -0.1) is 0 Å². The second kappa shape index (κ2) is 4.09. The molecule has 1 unspecified atom stereocenters. The van der Waals surface area contributed by atoms with Crippen LogP contribution in [0.3, 0.4) is 0 Å². The molecule has 0 aromatic carbocycles. The smallest absolute Gasteiger partial charge is 0.178 e. The molecule has 0 amide bonds. The van der Waals surface area contributed by atoms with E-state index >= 15 is 0 Å². The molecule has 0 bridgehead atoms. The van der Waals surface area contributed by atoms with Crippen LogP contribution in [0.5, 0.6) is 0 Å². The van der Waals surface area contributed by atoms with E-state index in [1.54, 1.807) is 0 Å². The lowest BCUT2D eigenvalue weighted by molar-refractivity contribution is -0.872. The number of thiol groups is 1. The summed E-state index contributed by atoms with van der Waals surface area (Å²) in [6.07, 6.45) is -0.390. The number of hydrogen-bond acceptors (Lipinski definition) is 3. The van der Waals surface area contributed by atoms with Crippen LogP contribution < -0.4 is 0 Å². The van der Waals surface area contributed by atoms with Crippen molar-refractivity contribution in [2.75, 3.05) is 27.7 Å². The van der Waals surface area contributed by atoms with E-state index in [1.807, 2.05) is 21.1 Å². The van der Waals surface area contributed by atoms with Gasteiger partial charge in [0, 0.05) is 0 Å². The Balaban J connectivity index is 3.99. The van der Waals surface area contributed by atoms with Crippen molar-refractivity contribution in [1.29, 1.82) is 0 Å². The first-order chi connectivity index (χ1) is 4.87. The van der Waals surface area contributed by atoms with E-state index in [0.717, 1.165) is 0 Å². The fourth-order valence-corrected chi connectivity index (χ4v) is 0.949. The van der Waals surface area contributed by atoms with Gasteiger partial charge < -0.3 is 8.67 Å². The summed E-state index contributed by atoms with van der Waals surface area (Å²) in [5.41, 5.74) is 0. The number of ketones is 1. The largest absolute Gasteiger partial charge is 0.328 e. The molecule has 0 heterocycles. The number of rotatable bonds is 4. The van der Waals surface area contributed by atoms with Crippen molar-refractivity contribution in [3.05, 3.63) is 0 Å². The normalized spacial score (nSPS) is 14.6. The minimum absolute atomic E-state index is 0.0213. The zero-order chi connectivity index (χ0) is 9.07. The molecule has 0 aromatic heterocycles. The van der Waals surface area contributed by atoms with Crippen molar-refractivity contribution < 1.29 is 13.5 Å². The van der Waals surface area contributed by atoms with E-state index in [2.05, 4.69) is 12.9 Å². The summed E-state index contributed by atoms with van der Waals surface area (Å²) in [6, 6.07) is 0. The van der Waals surface area contributed by atoms with Crippen LogP contribution in [0.25, 0.3) is 0 Å². The highest BCUT2D eigenvalue weighted by atomic mass is 32.1. The molecule has 1 atom stereocenters. The molecule has 3 nitrogen and oxygen atoms in total. The number of carbonyl (C=O) groups excluding carboxylic acids is 1. The van der Waals surface area contributed by atoms with Crippen LogP contribution in [-0.2, 0) is 8.98 Å². The molecule has 4 heteroatoms. The average molecular weight is 178 g/mol. The van der Waals surface area contributed by atoms with Gasteiger partial charge in [-0.25, -0.2) is 0 Å². The van der Waals surface area contributed by atoms with Crippen molar-refractivity contribution in [2.45, 2.75) is 13.0 Å². The summed E-state index contributed by atoms with van der Waals surface area (Å²) < 4.78 is 5.42. The van der Waals surface area contributed by atoms with E-state index in [9.17, 15) is 4.79 Å². The Labute approximate surface area is 73.5 Å². The monoisotopic (exact) mass is 178 g/mol. The molecule has 0 aliphatic carbocycles. The van der Waals surface area contributed by atoms with Crippen LogP contribution >= 0.6 is 12.9 Å². The Bertz CT molecular complexity index is 142. The maximum Gasteiger partial charge on any atom is 0.178 e. The number of quaternary nitrogens is 1. The van der Waals surface area contributed by atoms with Crippen molar-refractivity contribution in [3.63, 3.8) is 0 Å². The van der Waals surface area contributed by atoms with Crippen LogP contribution in [0.4, 0.5) is 0 Å². The van der Waals surface area contributed by atoms with Crippen molar-refractivity contribution >= 4 is 18.7 Å². The Morgan fingerprint density at radius 3 is 2.09 bits per heavy atom. The molecule has 11 heavy (non-hydrogen) atoms. The fourth-order valence-electron chi connectivity index (χ4n) is 0.734. The molecule has 0 spiro atoms. The van der Waals surface area contributed by atoms with E-state index < -0.39 is 6.10 Å². The van der Waals surface area contributed by atoms with E-state index in [4.69, 9.17) is 4.18 Å². The maximum atomic E-state index is 10.9. The quantitative estimate of drug-likeness (QED) is 0.386. The molecule has 0 aromatic rings. The van der Waals surface area contributed by atoms with Gasteiger partial charge in [0.2, 0.25) is 0 Å². The second-order valence-electron chi connectivity index (χ2n) is 3.68. The number of nitrogens with zero attached hydrogens (tertiary/aromatic N) is 1. The molecule has 0 saturated carbocycles. The maximum absolute atomic E-state index is 10.9. The first-order valence-corrected chi connectivity index (χ1v) is 3.84. The van der Waals surface area contributed by atoms with Crippen molar-refractivity contribution in [1.82, 2.24) is 0 Å². The molecule has 0 rings (SSSR count). The van der Waals surface area contributed by atoms with Crippen LogP contribution in [0.15, 0.2) is 0 Å². The summed E-state index contributed by atoms with van der Waals surface area (Å²) in [6.45, 7) is 2.16. The molecular weight excluding hydrogens is 162 g/mol. The topological polar surface area (TPSA) is 26.3 Å². The summed E-state index contributed by atoms with van der Waals surface area (Å²) >= 11 is 3.64. The van der Waals surface area contributed by atoms with Gasteiger partial charge in [-0.3, -0.25) is 4.79 Å². The number of hydrogen-bond donors (Lipinski definition) is 1. The Hall–Kier alpha value is -0.0600. The van der Waals surface area contributed by atoms with Crippen LogP contribution in [-0.4, -0.2) is 44.1 Å².